The van der Waals surface area contributed by atoms with Crippen molar-refractivity contribution < 1.29 is 17.6 Å². The monoisotopic (exact) mass is 288 g/mol. The Morgan fingerprint density at radius 2 is 2.11 bits per heavy atom. The molecule has 0 aliphatic rings. The van der Waals surface area contributed by atoms with Crippen molar-refractivity contribution in [2.75, 3.05) is 5.32 Å². The molecule has 0 radical (unpaired) electrons. The molecule has 1 aromatic carbocycles. The van der Waals surface area contributed by atoms with Crippen LogP contribution in [0.1, 0.15) is 26.7 Å². The lowest BCUT2D eigenvalue weighted by molar-refractivity contribution is -0.117. The van der Waals surface area contributed by atoms with Crippen LogP contribution in [0, 0.1) is 11.7 Å². The number of amides is 1. The Kier molecular flexibility index (Phi) is 5.02. The second-order valence-corrected chi connectivity index (χ2v) is 6.01. The number of carbonyl (C=O) groups excluding carboxylic acids is 1. The quantitative estimate of drug-likeness (QED) is 0.866. The first-order chi connectivity index (χ1) is 8.74. The van der Waals surface area contributed by atoms with E-state index in [1.54, 1.807) is 0 Å². The number of hydrogen-bond acceptors (Lipinski definition) is 3. The Balaban J connectivity index is 2.92. The highest BCUT2D eigenvalue weighted by molar-refractivity contribution is 7.89. The zero-order valence-corrected chi connectivity index (χ0v) is 11.6. The number of rotatable bonds is 5. The Morgan fingerprint density at radius 3 is 2.63 bits per heavy atom. The molecule has 0 bridgehead atoms. The highest BCUT2D eigenvalue weighted by Gasteiger charge is 2.14. The van der Waals surface area contributed by atoms with Gasteiger partial charge in [-0.2, -0.15) is 0 Å². The summed E-state index contributed by atoms with van der Waals surface area (Å²) in [6.07, 6.45) is 1.07. The predicted octanol–water partition coefficient (Wildman–Crippen LogP) is 1.85. The van der Waals surface area contributed by atoms with Crippen LogP contribution >= 0.6 is 0 Å². The second kappa shape index (κ2) is 6.12. The Bertz CT molecular complexity index is 572. The van der Waals surface area contributed by atoms with Crippen LogP contribution in [0.4, 0.5) is 10.1 Å². The zero-order chi connectivity index (χ0) is 14.6. The van der Waals surface area contributed by atoms with E-state index in [-0.39, 0.29) is 28.8 Å². The number of nitrogens with two attached hydrogens (primary N) is 1. The summed E-state index contributed by atoms with van der Waals surface area (Å²) in [5.41, 5.74) is -0.181. The van der Waals surface area contributed by atoms with Crippen LogP contribution in [-0.4, -0.2) is 14.3 Å². The van der Waals surface area contributed by atoms with Gasteiger partial charge in [0.15, 0.2) is 0 Å². The van der Waals surface area contributed by atoms with E-state index in [4.69, 9.17) is 5.14 Å². The molecule has 1 amide bonds. The van der Waals surface area contributed by atoms with Crippen LogP contribution < -0.4 is 10.5 Å². The minimum Gasteiger partial charge on any atom is -0.324 e. The molecule has 0 fully saturated rings. The minimum atomic E-state index is -3.92. The van der Waals surface area contributed by atoms with E-state index in [1.807, 2.05) is 13.8 Å². The first-order valence-electron chi connectivity index (χ1n) is 5.86. The van der Waals surface area contributed by atoms with Crippen LogP contribution in [0.5, 0.6) is 0 Å². The molecule has 1 unspecified atom stereocenters. The molecule has 1 aromatic rings. The molecule has 19 heavy (non-hydrogen) atoms. The van der Waals surface area contributed by atoms with Crippen molar-refractivity contribution in [3.8, 4) is 0 Å². The Labute approximate surface area is 112 Å². The third-order valence-corrected chi connectivity index (χ3v) is 3.68. The van der Waals surface area contributed by atoms with Crippen LogP contribution in [-0.2, 0) is 14.8 Å². The maximum absolute atomic E-state index is 13.5. The van der Waals surface area contributed by atoms with Gasteiger partial charge in [-0.05, 0) is 24.1 Å². The third kappa shape index (κ3) is 4.60. The molecule has 0 aromatic heterocycles. The van der Waals surface area contributed by atoms with Gasteiger partial charge < -0.3 is 5.32 Å². The van der Waals surface area contributed by atoms with Gasteiger partial charge >= 0.3 is 0 Å². The van der Waals surface area contributed by atoms with Gasteiger partial charge in [0.05, 0.1) is 10.6 Å². The largest absolute Gasteiger partial charge is 0.324 e. The molecule has 0 aliphatic heterocycles. The number of anilines is 1. The molecule has 3 N–H and O–H groups in total. The summed E-state index contributed by atoms with van der Waals surface area (Å²) < 4.78 is 35.8. The number of nitrogens with one attached hydrogen (secondary N) is 1. The van der Waals surface area contributed by atoms with Crippen molar-refractivity contribution in [1.29, 1.82) is 0 Å². The highest BCUT2D eigenvalue weighted by atomic mass is 32.2. The Hall–Kier alpha value is -1.47. The van der Waals surface area contributed by atoms with Gasteiger partial charge in [-0.25, -0.2) is 17.9 Å². The van der Waals surface area contributed by atoms with Crippen LogP contribution in [0.2, 0.25) is 0 Å². The molecule has 7 heteroatoms. The van der Waals surface area contributed by atoms with Gasteiger partial charge in [0.2, 0.25) is 15.9 Å². The van der Waals surface area contributed by atoms with Crippen molar-refractivity contribution in [1.82, 2.24) is 0 Å². The second-order valence-electron chi connectivity index (χ2n) is 4.45. The molecule has 1 atom stereocenters. The van der Waals surface area contributed by atoms with Crippen molar-refractivity contribution in [2.24, 2.45) is 11.1 Å². The third-order valence-electron chi connectivity index (χ3n) is 2.77. The van der Waals surface area contributed by atoms with E-state index >= 15 is 0 Å². The van der Waals surface area contributed by atoms with Gasteiger partial charge in [0.25, 0.3) is 0 Å². The van der Waals surface area contributed by atoms with Gasteiger partial charge in [-0.1, -0.05) is 20.3 Å². The zero-order valence-electron chi connectivity index (χ0n) is 10.8. The minimum absolute atomic E-state index is 0.171. The molecule has 0 heterocycles. The van der Waals surface area contributed by atoms with E-state index in [1.165, 1.54) is 0 Å². The summed E-state index contributed by atoms with van der Waals surface area (Å²) >= 11 is 0. The fourth-order valence-electron chi connectivity index (χ4n) is 1.44. The smallest absolute Gasteiger partial charge is 0.238 e. The average molecular weight is 288 g/mol. The molecule has 0 spiro atoms. The van der Waals surface area contributed by atoms with Crippen LogP contribution in [0.15, 0.2) is 23.1 Å². The number of benzene rings is 1. The van der Waals surface area contributed by atoms with Gasteiger partial charge in [-0.3, -0.25) is 4.79 Å². The van der Waals surface area contributed by atoms with Crippen LogP contribution in [0.3, 0.4) is 0 Å². The number of carbonyl (C=O) groups is 1. The fourth-order valence-corrected chi connectivity index (χ4v) is 1.98. The summed E-state index contributed by atoms with van der Waals surface area (Å²) in [7, 11) is -3.92. The summed E-state index contributed by atoms with van der Waals surface area (Å²) in [5.74, 6) is -0.894. The molecule has 5 nitrogen and oxygen atoms in total. The maximum Gasteiger partial charge on any atom is 0.238 e. The molecule has 1 rings (SSSR count). The van der Waals surface area contributed by atoms with Crippen molar-refractivity contribution >= 4 is 21.6 Å². The van der Waals surface area contributed by atoms with Gasteiger partial charge in [-0.15, -0.1) is 0 Å². The van der Waals surface area contributed by atoms with Crippen LogP contribution in [0.25, 0.3) is 0 Å². The molecule has 106 valence electrons. The number of halogens is 1. The SMILES string of the molecule is CCC(C)CC(=O)Nc1cc(S(N)(=O)=O)ccc1F. The van der Waals surface area contributed by atoms with E-state index < -0.39 is 15.8 Å². The normalized spacial score (nSPS) is 13.1. The number of sulfonamides is 1. The van der Waals surface area contributed by atoms with Gasteiger partial charge in [0.1, 0.15) is 5.82 Å². The van der Waals surface area contributed by atoms with Crippen molar-refractivity contribution in [3.05, 3.63) is 24.0 Å². The summed E-state index contributed by atoms with van der Waals surface area (Å²) in [6, 6.07) is 3.02. The summed E-state index contributed by atoms with van der Waals surface area (Å²) in [6.45, 7) is 3.84. The molecular formula is C12H17FN2O3S. The first-order valence-corrected chi connectivity index (χ1v) is 7.41. The van der Waals surface area contributed by atoms with Crippen molar-refractivity contribution in [2.45, 2.75) is 31.6 Å². The predicted molar refractivity (Wildman–Crippen MR) is 70.5 cm³/mol. The standard InChI is InChI=1S/C12H17FN2O3S/c1-3-8(2)6-12(16)15-11-7-9(19(14,17)18)4-5-10(11)13/h4-5,7-8H,3,6H2,1-2H3,(H,15,16)(H2,14,17,18). The topological polar surface area (TPSA) is 89.3 Å². The summed E-state index contributed by atoms with van der Waals surface area (Å²) in [4.78, 5) is 11.4. The molecule has 0 aliphatic carbocycles. The lowest BCUT2D eigenvalue weighted by Gasteiger charge is -2.10. The maximum atomic E-state index is 13.5. The fraction of sp³-hybridized carbons (Fsp3) is 0.417. The van der Waals surface area contributed by atoms with E-state index in [0.717, 1.165) is 24.6 Å². The highest BCUT2D eigenvalue weighted by Crippen LogP contribution is 2.19. The van der Waals surface area contributed by atoms with E-state index in [9.17, 15) is 17.6 Å². The lowest BCUT2D eigenvalue weighted by Crippen LogP contribution is -2.17. The molecule has 0 saturated carbocycles. The number of primary sulfonamides is 1. The average Bonchev–Trinajstić information content (AvgIpc) is 2.30. The first kappa shape index (κ1) is 15.6. The molecular weight excluding hydrogens is 271 g/mol. The van der Waals surface area contributed by atoms with Gasteiger partial charge in [0, 0.05) is 6.42 Å². The molecule has 0 saturated heterocycles. The lowest BCUT2D eigenvalue weighted by atomic mass is 10.1. The Morgan fingerprint density at radius 1 is 1.47 bits per heavy atom. The van der Waals surface area contributed by atoms with E-state index in [2.05, 4.69) is 5.32 Å². The number of hydrogen-bond donors (Lipinski definition) is 2. The van der Waals surface area contributed by atoms with E-state index in [0.29, 0.717) is 0 Å². The summed E-state index contributed by atoms with van der Waals surface area (Å²) in [5, 5.41) is 7.30. The van der Waals surface area contributed by atoms with Crippen molar-refractivity contribution in [3.63, 3.8) is 0 Å².